The zero-order valence-electron chi connectivity index (χ0n) is 8.42. The highest BCUT2D eigenvalue weighted by atomic mass is 16.3. The van der Waals surface area contributed by atoms with E-state index in [4.69, 9.17) is 5.11 Å². The normalized spacial score (nSPS) is 24.2. The molecule has 0 bridgehead atoms. The lowest BCUT2D eigenvalue weighted by molar-refractivity contribution is 0.0993. The zero-order chi connectivity index (χ0) is 9.73. The molecule has 3 heteroatoms. The van der Waals surface area contributed by atoms with E-state index in [1.54, 1.807) is 6.92 Å². The van der Waals surface area contributed by atoms with Crippen molar-refractivity contribution in [3.05, 3.63) is 0 Å². The molecule has 1 atom stereocenters. The quantitative estimate of drug-likeness (QED) is 0.606. The first-order valence-electron chi connectivity index (χ1n) is 5.22. The molecule has 0 aliphatic heterocycles. The maximum absolute atomic E-state index is 9.31. The fourth-order valence-electron chi connectivity index (χ4n) is 1.98. The Bertz CT molecular complexity index is 142. The van der Waals surface area contributed by atoms with Crippen molar-refractivity contribution in [2.45, 2.75) is 50.7 Å². The van der Waals surface area contributed by atoms with Gasteiger partial charge in [-0.05, 0) is 19.8 Å². The van der Waals surface area contributed by atoms with Crippen LogP contribution >= 0.6 is 0 Å². The van der Waals surface area contributed by atoms with Gasteiger partial charge in [-0.2, -0.15) is 0 Å². The highest BCUT2D eigenvalue weighted by Crippen LogP contribution is 2.27. The van der Waals surface area contributed by atoms with Gasteiger partial charge < -0.3 is 15.5 Å². The van der Waals surface area contributed by atoms with Crippen LogP contribution in [0.1, 0.15) is 39.0 Å². The van der Waals surface area contributed by atoms with Gasteiger partial charge >= 0.3 is 0 Å². The number of hydrogen-bond donors (Lipinski definition) is 3. The standard InChI is InChI=1S/C10H21NO2/c1-9(13)7-11-10(8-12)5-3-2-4-6-10/h9,11-13H,2-8H2,1H3/t9-/m1/s1. The predicted octanol–water partition coefficient (Wildman–Crippen LogP) is 0.652. The molecule has 0 aromatic carbocycles. The van der Waals surface area contributed by atoms with Crippen molar-refractivity contribution in [2.75, 3.05) is 13.2 Å². The SMILES string of the molecule is C[C@@H](O)CNC1(CO)CCCCC1. The second kappa shape index (κ2) is 4.94. The monoisotopic (exact) mass is 187 g/mol. The van der Waals surface area contributed by atoms with E-state index in [1.807, 2.05) is 0 Å². The summed E-state index contributed by atoms with van der Waals surface area (Å²) < 4.78 is 0. The summed E-state index contributed by atoms with van der Waals surface area (Å²) in [5, 5.41) is 21.7. The van der Waals surface area contributed by atoms with E-state index in [9.17, 15) is 5.11 Å². The van der Waals surface area contributed by atoms with Crippen LogP contribution in [0.5, 0.6) is 0 Å². The Labute approximate surface area is 80.2 Å². The molecule has 0 radical (unpaired) electrons. The van der Waals surface area contributed by atoms with Crippen LogP contribution in [-0.2, 0) is 0 Å². The van der Waals surface area contributed by atoms with Gasteiger partial charge in [0.1, 0.15) is 0 Å². The first-order chi connectivity index (χ1) is 6.18. The van der Waals surface area contributed by atoms with Gasteiger partial charge in [0.25, 0.3) is 0 Å². The third kappa shape index (κ3) is 3.25. The van der Waals surface area contributed by atoms with Gasteiger partial charge in [0.2, 0.25) is 0 Å². The third-order valence-corrected chi connectivity index (χ3v) is 2.89. The Hall–Kier alpha value is -0.120. The number of nitrogens with one attached hydrogen (secondary N) is 1. The minimum Gasteiger partial charge on any atom is -0.394 e. The van der Waals surface area contributed by atoms with Gasteiger partial charge in [-0.1, -0.05) is 19.3 Å². The molecule has 0 heterocycles. The zero-order valence-corrected chi connectivity index (χ0v) is 8.42. The molecule has 1 aliphatic rings. The van der Waals surface area contributed by atoms with Crippen molar-refractivity contribution in [3.8, 4) is 0 Å². The van der Waals surface area contributed by atoms with Gasteiger partial charge in [0.05, 0.1) is 12.7 Å². The lowest BCUT2D eigenvalue weighted by Crippen LogP contribution is -2.51. The molecule has 0 saturated heterocycles. The molecule has 13 heavy (non-hydrogen) atoms. The Kier molecular flexibility index (Phi) is 4.16. The van der Waals surface area contributed by atoms with Crippen molar-refractivity contribution in [2.24, 2.45) is 0 Å². The third-order valence-electron chi connectivity index (χ3n) is 2.89. The molecule has 3 N–H and O–H groups in total. The maximum Gasteiger partial charge on any atom is 0.0636 e. The molecular weight excluding hydrogens is 166 g/mol. The summed E-state index contributed by atoms with van der Waals surface area (Å²) in [6, 6.07) is 0. The molecule has 0 aromatic heterocycles. The first-order valence-corrected chi connectivity index (χ1v) is 5.22. The molecule has 1 rings (SSSR count). The molecular formula is C10H21NO2. The molecule has 1 saturated carbocycles. The molecule has 0 unspecified atom stereocenters. The van der Waals surface area contributed by atoms with Gasteiger partial charge in [-0.3, -0.25) is 0 Å². The number of aliphatic hydroxyl groups is 2. The van der Waals surface area contributed by atoms with E-state index >= 15 is 0 Å². The average molecular weight is 187 g/mol. The van der Waals surface area contributed by atoms with Gasteiger partial charge in [0, 0.05) is 12.1 Å². The van der Waals surface area contributed by atoms with Crippen LogP contribution in [0.2, 0.25) is 0 Å². The van der Waals surface area contributed by atoms with E-state index in [-0.39, 0.29) is 18.2 Å². The van der Waals surface area contributed by atoms with Crippen LogP contribution in [0.25, 0.3) is 0 Å². The predicted molar refractivity (Wildman–Crippen MR) is 52.6 cm³/mol. The van der Waals surface area contributed by atoms with Crippen LogP contribution in [-0.4, -0.2) is 35.0 Å². The van der Waals surface area contributed by atoms with Crippen LogP contribution < -0.4 is 5.32 Å². The van der Waals surface area contributed by atoms with Gasteiger partial charge in [-0.15, -0.1) is 0 Å². The number of rotatable bonds is 4. The minimum absolute atomic E-state index is 0.102. The summed E-state index contributed by atoms with van der Waals surface area (Å²) in [6.07, 6.45) is 5.40. The lowest BCUT2D eigenvalue weighted by atomic mass is 9.82. The van der Waals surface area contributed by atoms with Crippen LogP contribution in [0.15, 0.2) is 0 Å². The maximum atomic E-state index is 9.31. The van der Waals surface area contributed by atoms with E-state index in [1.165, 1.54) is 19.3 Å². The molecule has 1 aliphatic carbocycles. The summed E-state index contributed by atoms with van der Waals surface area (Å²) in [6.45, 7) is 2.54. The topological polar surface area (TPSA) is 52.5 Å². The number of aliphatic hydroxyl groups excluding tert-OH is 2. The molecule has 3 nitrogen and oxygen atoms in total. The fraction of sp³-hybridized carbons (Fsp3) is 1.00. The number of β-amino-alcohol motifs (C(OH)–C–C–N with tert-alkyl or cyclic N) is 1. The van der Waals surface area contributed by atoms with E-state index < -0.39 is 0 Å². The minimum atomic E-state index is -0.328. The Morgan fingerprint density at radius 1 is 1.31 bits per heavy atom. The van der Waals surface area contributed by atoms with Crippen molar-refractivity contribution >= 4 is 0 Å². The Morgan fingerprint density at radius 3 is 2.38 bits per heavy atom. The van der Waals surface area contributed by atoms with Crippen LogP contribution in [0, 0.1) is 0 Å². The average Bonchev–Trinajstić information content (AvgIpc) is 2.16. The summed E-state index contributed by atoms with van der Waals surface area (Å²) in [5.41, 5.74) is -0.102. The molecule has 0 spiro atoms. The Balaban J connectivity index is 2.38. The summed E-state index contributed by atoms with van der Waals surface area (Å²) in [5.74, 6) is 0. The van der Waals surface area contributed by atoms with Gasteiger partial charge in [-0.25, -0.2) is 0 Å². The fourth-order valence-corrected chi connectivity index (χ4v) is 1.98. The highest BCUT2D eigenvalue weighted by Gasteiger charge is 2.30. The van der Waals surface area contributed by atoms with E-state index in [2.05, 4.69) is 5.32 Å². The van der Waals surface area contributed by atoms with Crippen molar-refractivity contribution in [3.63, 3.8) is 0 Å². The smallest absolute Gasteiger partial charge is 0.0636 e. The Morgan fingerprint density at radius 2 is 1.92 bits per heavy atom. The highest BCUT2D eigenvalue weighted by molar-refractivity contribution is 4.90. The van der Waals surface area contributed by atoms with Crippen LogP contribution in [0.4, 0.5) is 0 Å². The first kappa shape index (κ1) is 11.0. The molecule has 1 fully saturated rings. The second-order valence-electron chi connectivity index (χ2n) is 4.23. The van der Waals surface area contributed by atoms with Crippen LogP contribution in [0.3, 0.4) is 0 Å². The number of hydrogen-bond acceptors (Lipinski definition) is 3. The summed E-state index contributed by atoms with van der Waals surface area (Å²) in [7, 11) is 0. The van der Waals surface area contributed by atoms with Crippen molar-refractivity contribution in [1.29, 1.82) is 0 Å². The molecule has 0 amide bonds. The molecule has 0 aromatic rings. The summed E-state index contributed by atoms with van der Waals surface area (Å²) in [4.78, 5) is 0. The largest absolute Gasteiger partial charge is 0.394 e. The van der Waals surface area contributed by atoms with Gasteiger partial charge in [0.15, 0.2) is 0 Å². The second-order valence-corrected chi connectivity index (χ2v) is 4.23. The lowest BCUT2D eigenvalue weighted by Gasteiger charge is -2.37. The van der Waals surface area contributed by atoms with Crippen molar-refractivity contribution in [1.82, 2.24) is 5.32 Å². The molecule has 78 valence electrons. The summed E-state index contributed by atoms with van der Waals surface area (Å²) >= 11 is 0. The van der Waals surface area contributed by atoms with E-state index in [0.717, 1.165) is 12.8 Å². The van der Waals surface area contributed by atoms with Crippen molar-refractivity contribution < 1.29 is 10.2 Å². The van der Waals surface area contributed by atoms with E-state index in [0.29, 0.717) is 6.54 Å².